The number of benzene rings is 3. The molecule has 0 bridgehead atoms. The SMILES string of the molecule is O=C(NC(c1cccc(C(F)(F)F)c1)(c1cccc(C(F)(F)F)c1)C(Cl)c1ccccc1)c1cccs1. The van der Waals surface area contributed by atoms with Gasteiger partial charge in [0, 0.05) is 0 Å². The number of alkyl halides is 7. The molecule has 3 aromatic carbocycles. The van der Waals surface area contributed by atoms with Gasteiger partial charge < -0.3 is 5.32 Å². The molecule has 0 fully saturated rings. The summed E-state index contributed by atoms with van der Waals surface area (Å²) in [5, 5.41) is 3.05. The van der Waals surface area contributed by atoms with E-state index in [2.05, 4.69) is 5.32 Å². The van der Waals surface area contributed by atoms with Gasteiger partial charge in [-0.25, -0.2) is 0 Å². The predicted octanol–water partition coefficient (Wildman–Crippen LogP) is 8.44. The lowest BCUT2D eigenvalue weighted by atomic mass is 9.76. The molecule has 1 amide bonds. The van der Waals surface area contributed by atoms with Crippen molar-refractivity contribution in [1.29, 1.82) is 0 Å². The van der Waals surface area contributed by atoms with E-state index in [1.807, 2.05) is 0 Å². The molecule has 4 rings (SSSR count). The molecule has 1 heterocycles. The number of nitrogens with one attached hydrogen (secondary N) is 1. The monoisotopic (exact) mass is 553 g/mol. The summed E-state index contributed by atoms with van der Waals surface area (Å²) in [6, 6.07) is 19.4. The Hall–Kier alpha value is -3.30. The zero-order valence-corrected chi connectivity index (χ0v) is 20.3. The fourth-order valence-electron chi connectivity index (χ4n) is 4.07. The second-order valence-electron chi connectivity index (χ2n) is 8.17. The van der Waals surface area contributed by atoms with Crippen LogP contribution in [-0.4, -0.2) is 5.91 Å². The lowest BCUT2D eigenvalue weighted by molar-refractivity contribution is -0.138. The van der Waals surface area contributed by atoms with Gasteiger partial charge in [-0.1, -0.05) is 60.7 Å². The van der Waals surface area contributed by atoms with Gasteiger partial charge in [0.15, 0.2) is 0 Å². The van der Waals surface area contributed by atoms with Gasteiger partial charge in [-0.05, 0) is 52.4 Å². The van der Waals surface area contributed by atoms with Gasteiger partial charge in [-0.15, -0.1) is 22.9 Å². The van der Waals surface area contributed by atoms with E-state index < -0.39 is 40.3 Å². The Labute approximate surface area is 217 Å². The van der Waals surface area contributed by atoms with Crippen molar-refractivity contribution in [2.75, 3.05) is 0 Å². The largest absolute Gasteiger partial charge is 0.416 e. The quantitative estimate of drug-likeness (QED) is 0.188. The molecule has 0 saturated heterocycles. The maximum absolute atomic E-state index is 13.7. The molecule has 10 heteroatoms. The normalized spacial score (nSPS) is 13.3. The Kier molecular flexibility index (Phi) is 7.39. The zero-order valence-electron chi connectivity index (χ0n) is 18.8. The first kappa shape index (κ1) is 26.8. The maximum Gasteiger partial charge on any atom is 0.416 e. The number of rotatable bonds is 6. The van der Waals surface area contributed by atoms with Crippen molar-refractivity contribution >= 4 is 28.8 Å². The minimum Gasteiger partial charge on any atom is -0.336 e. The van der Waals surface area contributed by atoms with E-state index in [-0.39, 0.29) is 16.0 Å². The molecule has 0 aliphatic carbocycles. The second kappa shape index (κ2) is 10.2. The van der Waals surface area contributed by atoms with Crippen LogP contribution in [0.3, 0.4) is 0 Å². The molecule has 0 aliphatic rings. The van der Waals surface area contributed by atoms with Crippen LogP contribution in [0.1, 0.15) is 42.9 Å². The van der Waals surface area contributed by atoms with Crippen LogP contribution in [0.4, 0.5) is 26.3 Å². The number of hydrogen-bond acceptors (Lipinski definition) is 2. The van der Waals surface area contributed by atoms with Crippen molar-refractivity contribution < 1.29 is 31.1 Å². The number of amides is 1. The van der Waals surface area contributed by atoms with Gasteiger partial charge in [0.25, 0.3) is 5.91 Å². The molecule has 0 saturated carbocycles. The van der Waals surface area contributed by atoms with E-state index in [0.29, 0.717) is 5.56 Å². The summed E-state index contributed by atoms with van der Waals surface area (Å²) in [6.45, 7) is 0. The molecule has 1 aromatic heterocycles. The summed E-state index contributed by atoms with van der Waals surface area (Å²) in [5.74, 6) is -0.702. The molecular formula is C27H18ClF6NOS. The molecular weight excluding hydrogens is 536 g/mol. The van der Waals surface area contributed by atoms with E-state index in [4.69, 9.17) is 11.6 Å². The average Bonchev–Trinajstić information content (AvgIpc) is 3.42. The minimum absolute atomic E-state index is 0.129. The van der Waals surface area contributed by atoms with Crippen molar-refractivity contribution in [2.24, 2.45) is 0 Å². The van der Waals surface area contributed by atoms with E-state index >= 15 is 0 Å². The van der Waals surface area contributed by atoms with E-state index in [9.17, 15) is 31.1 Å². The van der Waals surface area contributed by atoms with Crippen LogP contribution >= 0.6 is 22.9 Å². The third-order valence-corrected chi connectivity index (χ3v) is 7.27. The van der Waals surface area contributed by atoms with Crippen molar-refractivity contribution in [3.8, 4) is 0 Å². The highest BCUT2D eigenvalue weighted by atomic mass is 35.5. The van der Waals surface area contributed by atoms with Crippen LogP contribution in [0.15, 0.2) is 96.4 Å². The summed E-state index contributed by atoms with van der Waals surface area (Å²) in [6.07, 6.45) is -9.50. The molecule has 0 aliphatic heterocycles. The van der Waals surface area contributed by atoms with Crippen molar-refractivity contribution in [3.63, 3.8) is 0 Å². The summed E-state index contributed by atoms with van der Waals surface area (Å²) in [4.78, 5) is 13.6. The Morgan fingerprint density at radius 3 is 1.68 bits per heavy atom. The first-order chi connectivity index (χ1) is 17.4. The minimum atomic E-state index is -4.75. The molecule has 4 aromatic rings. The lowest BCUT2D eigenvalue weighted by Crippen LogP contribution is -2.50. The fourth-order valence-corrected chi connectivity index (χ4v) is 5.14. The molecule has 192 valence electrons. The van der Waals surface area contributed by atoms with Gasteiger partial charge in [0.2, 0.25) is 0 Å². The Balaban J connectivity index is 2.05. The highest BCUT2D eigenvalue weighted by Gasteiger charge is 2.46. The number of halogens is 7. The van der Waals surface area contributed by atoms with Gasteiger partial charge in [0.05, 0.1) is 21.4 Å². The zero-order chi connectivity index (χ0) is 26.8. The second-order valence-corrected chi connectivity index (χ2v) is 9.55. The third kappa shape index (κ3) is 5.52. The molecule has 0 radical (unpaired) electrons. The number of thiophene rings is 1. The van der Waals surface area contributed by atoms with Gasteiger partial charge in [-0.2, -0.15) is 26.3 Å². The summed E-state index contributed by atoms with van der Waals surface area (Å²) < 4.78 is 82.3. The van der Waals surface area contributed by atoms with Crippen LogP contribution in [0, 0.1) is 0 Å². The number of carbonyl (C=O) groups excluding carboxylic acids is 1. The highest BCUT2D eigenvalue weighted by Crippen LogP contribution is 2.47. The average molecular weight is 554 g/mol. The van der Waals surface area contributed by atoms with Gasteiger partial charge in [0.1, 0.15) is 5.54 Å². The van der Waals surface area contributed by atoms with Crippen LogP contribution in [0.2, 0.25) is 0 Å². The molecule has 1 atom stereocenters. The Morgan fingerprint density at radius 1 is 0.703 bits per heavy atom. The molecule has 37 heavy (non-hydrogen) atoms. The van der Waals surface area contributed by atoms with Crippen molar-refractivity contribution in [1.82, 2.24) is 5.32 Å². The van der Waals surface area contributed by atoms with Crippen LogP contribution < -0.4 is 5.32 Å². The van der Waals surface area contributed by atoms with E-state index in [1.165, 1.54) is 18.2 Å². The Morgan fingerprint density at radius 2 is 1.22 bits per heavy atom. The molecule has 1 unspecified atom stereocenters. The highest BCUT2D eigenvalue weighted by molar-refractivity contribution is 7.12. The topological polar surface area (TPSA) is 29.1 Å². The van der Waals surface area contributed by atoms with Crippen LogP contribution in [0.25, 0.3) is 0 Å². The first-order valence-electron chi connectivity index (χ1n) is 10.8. The summed E-state index contributed by atoms with van der Waals surface area (Å²) >= 11 is 8.03. The van der Waals surface area contributed by atoms with E-state index in [1.54, 1.807) is 41.8 Å². The van der Waals surface area contributed by atoms with Gasteiger partial charge in [-0.3, -0.25) is 4.79 Å². The summed E-state index contributed by atoms with van der Waals surface area (Å²) in [5.41, 5.74) is -3.98. The molecule has 0 spiro atoms. The third-order valence-electron chi connectivity index (χ3n) is 5.82. The van der Waals surface area contributed by atoms with Gasteiger partial charge >= 0.3 is 12.4 Å². The lowest BCUT2D eigenvalue weighted by Gasteiger charge is -2.40. The smallest absolute Gasteiger partial charge is 0.336 e. The standard InChI is InChI=1S/C27H18ClF6NOS/c28-23(17-7-2-1-3-8-17)25(35-24(36)22-13-6-14-37-22,18-9-4-11-20(15-18)26(29,30)31)19-10-5-12-21(16-19)27(32,33)34/h1-16,23H,(H,35,36). The van der Waals surface area contributed by atoms with Crippen molar-refractivity contribution in [2.45, 2.75) is 23.3 Å². The van der Waals surface area contributed by atoms with Crippen molar-refractivity contribution in [3.05, 3.63) is 129 Å². The number of carbonyl (C=O) groups is 1. The molecule has 1 N–H and O–H groups in total. The predicted molar refractivity (Wildman–Crippen MR) is 130 cm³/mol. The number of hydrogen-bond donors (Lipinski definition) is 1. The molecule has 2 nitrogen and oxygen atoms in total. The summed E-state index contributed by atoms with van der Waals surface area (Å²) in [7, 11) is 0. The Bertz CT molecular complexity index is 1310. The van der Waals surface area contributed by atoms with Crippen LogP contribution in [0.5, 0.6) is 0 Å². The fraction of sp³-hybridized carbons (Fsp3) is 0.148. The van der Waals surface area contributed by atoms with E-state index in [0.717, 1.165) is 47.7 Å². The first-order valence-corrected chi connectivity index (χ1v) is 12.1. The van der Waals surface area contributed by atoms with Crippen LogP contribution in [-0.2, 0) is 17.9 Å². The maximum atomic E-state index is 13.7.